The lowest BCUT2D eigenvalue weighted by atomic mass is 10.00. The van der Waals surface area contributed by atoms with Gasteiger partial charge in [0.05, 0.1) is 5.56 Å². The third-order valence-corrected chi connectivity index (χ3v) is 2.41. The standard InChI is InChI=1S/C12H7F4NO/c13-10-3-1-2-9(11(10)12(14,15)16)8-4-6-17(18)7-5-8/h1-7H. The number of hydrogen-bond donors (Lipinski definition) is 0. The van der Waals surface area contributed by atoms with Crippen molar-refractivity contribution in [3.63, 3.8) is 0 Å². The van der Waals surface area contributed by atoms with Gasteiger partial charge < -0.3 is 5.21 Å². The van der Waals surface area contributed by atoms with Crippen molar-refractivity contribution in [1.82, 2.24) is 0 Å². The molecule has 2 rings (SSSR count). The zero-order valence-corrected chi connectivity index (χ0v) is 8.91. The van der Waals surface area contributed by atoms with Crippen molar-refractivity contribution in [2.45, 2.75) is 6.18 Å². The number of halogens is 4. The van der Waals surface area contributed by atoms with Crippen LogP contribution in [0.15, 0.2) is 42.7 Å². The molecule has 0 aliphatic heterocycles. The molecule has 6 heteroatoms. The average molecular weight is 257 g/mol. The highest BCUT2D eigenvalue weighted by Gasteiger charge is 2.37. The SMILES string of the molecule is [O-][n+]1ccc(-c2cccc(F)c2C(F)(F)F)cc1. The van der Waals surface area contributed by atoms with Crippen LogP contribution in [0.25, 0.3) is 11.1 Å². The molecule has 0 amide bonds. The first-order valence-electron chi connectivity index (χ1n) is 4.94. The third kappa shape index (κ3) is 2.27. The maximum absolute atomic E-state index is 13.3. The topological polar surface area (TPSA) is 26.9 Å². The predicted octanol–water partition coefficient (Wildman–Crippen LogP) is 3.14. The molecule has 2 aromatic rings. The summed E-state index contributed by atoms with van der Waals surface area (Å²) in [6.45, 7) is 0. The number of aromatic nitrogens is 1. The fraction of sp³-hybridized carbons (Fsp3) is 0.0833. The Bertz CT molecular complexity index is 563. The number of rotatable bonds is 1. The molecule has 2 nitrogen and oxygen atoms in total. The van der Waals surface area contributed by atoms with Crippen LogP contribution in [-0.4, -0.2) is 0 Å². The van der Waals surface area contributed by atoms with Gasteiger partial charge >= 0.3 is 6.18 Å². The van der Waals surface area contributed by atoms with Crippen LogP contribution in [0.2, 0.25) is 0 Å². The summed E-state index contributed by atoms with van der Waals surface area (Å²) in [6, 6.07) is 5.52. The summed E-state index contributed by atoms with van der Waals surface area (Å²) in [5, 5.41) is 10.8. The highest BCUT2D eigenvalue weighted by Crippen LogP contribution is 2.38. The Morgan fingerprint density at radius 2 is 1.61 bits per heavy atom. The van der Waals surface area contributed by atoms with Gasteiger partial charge in [0.2, 0.25) is 0 Å². The minimum absolute atomic E-state index is 0.133. The lowest BCUT2D eigenvalue weighted by Crippen LogP contribution is -2.23. The van der Waals surface area contributed by atoms with Crippen molar-refractivity contribution in [3.05, 3.63) is 59.3 Å². The second-order valence-corrected chi connectivity index (χ2v) is 3.61. The minimum Gasteiger partial charge on any atom is -0.619 e. The Kier molecular flexibility index (Phi) is 2.94. The molecule has 0 spiro atoms. The lowest BCUT2D eigenvalue weighted by molar-refractivity contribution is -0.605. The van der Waals surface area contributed by atoms with Gasteiger partial charge in [-0.1, -0.05) is 12.1 Å². The summed E-state index contributed by atoms with van der Waals surface area (Å²) in [5.41, 5.74) is -1.48. The summed E-state index contributed by atoms with van der Waals surface area (Å²) in [7, 11) is 0. The fourth-order valence-corrected chi connectivity index (χ4v) is 1.65. The molecule has 18 heavy (non-hydrogen) atoms. The molecule has 1 heterocycles. The van der Waals surface area contributed by atoms with E-state index in [4.69, 9.17) is 0 Å². The van der Waals surface area contributed by atoms with E-state index in [0.717, 1.165) is 24.5 Å². The van der Waals surface area contributed by atoms with E-state index in [-0.39, 0.29) is 11.1 Å². The second-order valence-electron chi connectivity index (χ2n) is 3.61. The first-order chi connectivity index (χ1) is 8.39. The normalized spacial score (nSPS) is 11.6. The molecule has 0 radical (unpaired) electrons. The monoisotopic (exact) mass is 257 g/mol. The molecule has 94 valence electrons. The lowest BCUT2D eigenvalue weighted by Gasteiger charge is -2.13. The summed E-state index contributed by atoms with van der Waals surface area (Å²) in [5.74, 6) is -1.33. The van der Waals surface area contributed by atoms with Crippen molar-refractivity contribution in [3.8, 4) is 11.1 Å². The molecule has 0 N–H and O–H groups in total. The van der Waals surface area contributed by atoms with Crippen LogP contribution in [-0.2, 0) is 6.18 Å². The van der Waals surface area contributed by atoms with Crippen molar-refractivity contribution < 1.29 is 22.3 Å². The van der Waals surface area contributed by atoms with Gasteiger partial charge in [0.1, 0.15) is 5.82 Å². The van der Waals surface area contributed by atoms with E-state index in [1.54, 1.807) is 0 Å². The van der Waals surface area contributed by atoms with E-state index in [1.807, 2.05) is 0 Å². The largest absolute Gasteiger partial charge is 0.619 e. The summed E-state index contributed by atoms with van der Waals surface area (Å²) in [6.07, 6.45) is -2.68. The quantitative estimate of drug-likeness (QED) is 0.438. The summed E-state index contributed by atoms with van der Waals surface area (Å²) >= 11 is 0. The third-order valence-electron chi connectivity index (χ3n) is 2.41. The van der Waals surface area contributed by atoms with Crippen LogP contribution in [0.3, 0.4) is 0 Å². The highest BCUT2D eigenvalue weighted by molar-refractivity contribution is 5.67. The molecule has 0 unspecified atom stereocenters. The Labute approximate surface area is 99.7 Å². The van der Waals surface area contributed by atoms with Crippen LogP contribution < -0.4 is 4.73 Å². The van der Waals surface area contributed by atoms with E-state index in [9.17, 15) is 22.8 Å². The van der Waals surface area contributed by atoms with Gasteiger partial charge in [-0.15, -0.1) is 0 Å². The highest BCUT2D eigenvalue weighted by atomic mass is 19.4. The number of benzene rings is 1. The van der Waals surface area contributed by atoms with Gasteiger partial charge in [-0.2, -0.15) is 17.9 Å². The molecular formula is C12H7F4NO. The van der Waals surface area contributed by atoms with Gasteiger partial charge in [0.15, 0.2) is 12.4 Å². The number of nitrogens with zero attached hydrogens (tertiary/aromatic N) is 1. The number of pyridine rings is 1. The van der Waals surface area contributed by atoms with Crippen molar-refractivity contribution in [2.24, 2.45) is 0 Å². The van der Waals surface area contributed by atoms with E-state index in [2.05, 4.69) is 0 Å². The van der Waals surface area contributed by atoms with Crippen molar-refractivity contribution in [2.75, 3.05) is 0 Å². The Morgan fingerprint density at radius 1 is 1.00 bits per heavy atom. The number of alkyl halides is 3. The Hall–Kier alpha value is -2.11. The molecule has 0 atom stereocenters. The fourth-order valence-electron chi connectivity index (χ4n) is 1.65. The minimum atomic E-state index is -4.79. The van der Waals surface area contributed by atoms with Crippen LogP contribution in [0, 0.1) is 11.0 Å². The molecule has 0 fully saturated rings. The first-order valence-corrected chi connectivity index (χ1v) is 4.94. The van der Waals surface area contributed by atoms with E-state index in [1.165, 1.54) is 18.2 Å². The molecule has 0 bridgehead atoms. The molecule has 0 aliphatic carbocycles. The van der Waals surface area contributed by atoms with Gasteiger partial charge in [-0.05, 0) is 17.2 Å². The van der Waals surface area contributed by atoms with E-state index >= 15 is 0 Å². The molecule has 1 aromatic heterocycles. The van der Waals surface area contributed by atoms with Gasteiger partial charge in [0, 0.05) is 12.1 Å². The molecule has 0 saturated carbocycles. The van der Waals surface area contributed by atoms with Crippen LogP contribution >= 0.6 is 0 Å². The second kappa shape index (κ2) is 4.29. The van der Waals surface area contributed by atoms with E-state index in [0.29, 0.717) is 4.73 Å². The smallest absolute Gasteiger partial charge is 0.419 e. The average Bonchev–Trinajstić information content (AvgIpc) is 2.28. The summed E-state index contributed by atoms with van der Waals surface area (Å²) < 4.78 is 52.1. The molecule has 0 aliphatic rings. The van der Waals surface area contributed by atoms with Crippen LogP contribution in [0.5, 0.6) is 0 Å². The molecule has 0 saturated heterocycles. The molecular weight excluding hydrogens is 250 g/mol. The molecule has 1 aromatic carbocycles. The van der Waals surface area contributed by atoms with Crippen molar-refractivity contribution in [1.29, 1.82) is 0 Å². The van der Waals surface area contributed by atoms with Gasteiger partial charge in [-0.25, -0.2) is 4.39 Å². The van der Waals surface area contributed by atoms with Crippen LogP contribution in [0.4, 0.5) is 17.6 Å². The van der Waals surface area contributed by atoms with Gasteiger partial charge in [-0.3, -0.25) is 0 Å². The zero-order chi connectivity index (χ0) is 13.3. The van der Waals surface area contributed by atoms with Crippen LogP contribution in [0.1, 0.15) is 5.56 Å². The Morgan fingerprint density at radius 3 is 2.17 bits per heavy atom. The van der Waals surface area contributed by atoms with E-state index < -0.39 is 17.6 Å². The predicted molar refractivity (Wildman–Crippen MR) is 55.8 cm³/mol. The Balaban J connectivity index is 2.65. The summed E-state index contributed by atoms with van der Waals surface area (Å²) in [4.78, 5) is 0. The first kappa shape index (κ1) is 12.3. The van der Waals surface area contributed by atoms with Gasteiger partial charge in [0.25, 0.3) is 0 Å². The maximum atomic E-state index is 13.3. The maximum Gasteiger partial charge on any atom is 0.419 e. The number of hydrogen-bond acceptors (Lipinski definition) is 1. The zero-order valence-electron chi connectivity index (χ0n) is 8.91. The van der Waals surface area contributed by atoms with Crippen molar-refractivity contribution >= 4 is 0 Å².